The normalized spacial score (nSPS) is 12.0. The van der Waals surface area contributed by atoms with E-state index in [1.54, 1.807) is 0 Å². The van der Waals surface area contributed by atoms with Gasteiger partial charge in [-0.3, -0.25) is 19.2 Å². The number of hydrogen-bond acceptors (Lipinski definition) is 4. The van der Waals surface area contributed by atoms with Crippen LogP contribution in [0.4, 0.5) is 0 Å². The number of Topliss-reactive ketones (excluding diaryl/α,β-unsaturated/α-hetero) is 3. The summed E-state index contributed by atoms with van der Waals surface area (Å²) < 4.78 is 0. The molecule has 0 aliphatic heterocycles. The van der Waals surface area contributed by atoms with Crippen LogP contribution in [0.1, 0.15) is 30.6 Å². The number of ketones is 3. The number of carboxylic acid groups (broad SMARTS) is 1. The van der Waals surface area contributed by atoms with E-state index < -0.39 is 41.6 Å². The minimum atomic E-state index is -1.36. The van der Waals surface area contributed by atoms with Gasteiger partial charge in [-0.2, -0.15) is 0 Å². The van der Waals surface area contributed by atoms with Crippen molar-refractivity contribution in [2.24, 2.45) is 11.8 Å². The SMILES string of the molecule is CC(=O)C(C(C)=O)C(CC(=O)c1ccc(Cl)cc1)C(=O)O. The van der Waals surface area contributed by atoms with E-state index in [1.807, 2.05) is 0 Å². The van der Waals surface area contributed by atoms with Crippen LogP contribution in [-0.2, 0) is 14.4 Å². The molecule has 6 heteroatoms. The van der Waals surface area contributed by atoms with E-state index >= 15 is 0 Å². The average molecular weight is 311 g/mol. The first kappa shape index (κ1) is 17.0. The van der Waals surface area contributed by atoms with E-state index in [2.05, 4.69) is 0 Å². The van der Waals surface area contributed by atoms with Crippen molar-refractivity contribution in [1.29, 1.82) is 0 Å². The summed E-state index contributed by atoms with van der Waals surface area (Å²) in [6.07, 6.45) is -0.416. The lowest BCUT2D eigenvalue weighted by Crippen LogP contribution is -2.35. The highest BCUT2D eigenvalue weighted by Crippen LogP contribution is 2.22. The molecule has 0 aliphatic rings. The summed E-state index contributed by atoms with van der Waals surface area (Å²) in [6, 6.07) is 5.97. The molecule has 1 unspecified atom stereocenters. The molecule has 0 spiro atoms. The molecule has 0 saturated carbocycles. The second-order valence-electron chi connectivity index (χ2n) is 4.78. The largest absolute Gasteiger partial charge is 0.481 e. The molecular weight excluding hydrogens is 296 g/mol. The summed E-state index contributed by atoms with van der Waals surface area (Å²) in [6.45, 7) is 2.30. The van der Waals surface area contributed by atoms with Gasteiger partial charge in [-0.15, -0.1) is 0 Å². The van der Waals surface area contributed by atoms with Gasteiger partial charge >= 0.3 is 5.97 Å². The lowest BCUT2D eigenvalue weighted by molar-refractivity contribution is -0.149. The van der Waals surface area contributed by atoms with Crippen LogP contribution < -0.4 is 0 Å². The van der Waals surface area contributed by atoms with Gasteiger partial charge < -0.3 is 5.11 Å². The maximum atomic E-state index is 12.1. The summed E-state index contributed by atoms with van der Waals surface area (Å²) >= 11 is 5.71. The molecular formula is C15H15ClO5. The Hall–Kier alpha value is -2.01. The van der Waals surface area contributed by atoms with Gasteiger partial charge in [-0.1, -0.05) is 11.6 Å². The second kappa shape index (κ2) is 7.13. The number of rotatable bonds is 7. The van der Waals surface area contributed by atoms with Crippen LogP contribution in [0.3, 0.4) is 0 Å². The van der Waals surface area contributed by atoms with Crippen molar-refractivity contribution in [3.05, 3.63) is 34.9 Å². The molecule has 0 amide bonds. The van der Waals surface area contributed by atoms with Crippen LogP contribution in [0.25, 0.3) is 0 Å². The number of carbonyl (C=O) groups excluding carboxylic acids is 3. The monoisotopic (exact) mass is 310 g/mol. The zero-order valence-corrected chi connectivity index (χ0v) is 12.4. The van der Waals surface area contributed by atoms with Gasteiger partial charge in [0.05, 0.1) is 11.8 Å². The Bertz CT molecular complexity index is 562. The van der Waals surface area contributed by atoms with Crippen molar-refractivity contribution in [2.45, 2.75) is 20.3 Å². The first-order chi connectivity index (χ1) is 9.73. The van der Waals surface area contributed by atoms with Crippen LogP contribution >= 0.6 is 11.6 Å². The third-order valence-electron chi connectivity index (χ3n) is 3.17. The molecule has 0 fully saturated rings. The third-order valence-corrected chi connectivity index (χ3v) is 3.42. The van der Waals surface area contributed by atoms with Gasteiger partial charge in [0.25, 0.3) is 0 Å². The molecule has 0 aliphatic carbocycles. The number of carboxylic acids is 1. The predicted molar refractivity (Wildman–Crippen MR) is 76.4 cm³/mol. The molecule has 1 N–H and O–H groups in total. The highest BCUT2D eigenvalue weighted by molar-refractivity contribution is 6.30. The minimum absolute atomic E-state index is 0.288. The zero-order valence-electron chi connectivity index (χ0n) is 11.6. The standard InChI is InChI=1S/C15H15ClO5/c1-8(17)14(9(2)18)12(15(20)21)7-13(19)10-3-5-11(16)6-4-10/h3-6,12,14H,7H2,1-2H3,(H,20,21). The van der Waals surface area contributed by atoms with Crippen molar-refractivity contribution in [3.63, 3.8) is 0 Å². The molecule has 0 bridgehead atoms. The number of carbonyl (C=O) groups is 4. The highest BCUT2D eigenvalue weighted by atomic mass is 35.5. The molecule has 0 saturated heterocycles. The lowest BCUT2D eigenvalue weighted by Gasteiger charge is -2.18. The van der Waals surface area contributed by atoms with Crippen LogP contribution in [0.5, 0.6) is 0 Å². The van der Waals surface area contributed by atoms with E-state index in [9.17, 15) is 24.3 Å². The minimum Gasteiger partial charge on any atom is -0.481 e. The summed E-state index contributed by atoms with van der Waals surface area (Å²) in [7, 11) is 0. The van der Waals surface area contributed by atoms with Crippen LogP contribution in [0, 0.1) is 11.8 Å². The van der Waals surface area contributed by atoms with E-state index in [1.165, 1.54) is 24.3 Å². The maximum absolute atomic E-state index is 12.1. The van der Waals surface area contributed by atoms with Crippen molar-refractivity contribution in [1.82, 2.24) is 0 Å². The van der Waals surface area contributed by atoms with Gasteiger partial charge in [0.2, 0.25) is 0 Å². The number of aliphatic carboxylic acids is 1. The number of hydrogen-bond donors (Lipinski definition) is 1. The van der Waals surface area contributed by atoms with Crippen LogP contribution in [0.15, 0.2) is 24.3 Å². The molecule has 1 atom stereocenters. The van der Waals surface area contributed by atoms with Crippen LogP contribution in [-0.4, -0.2) is 28.4 Å². The van der Waals surface area contributed by atoms with Gasteiger partial charge in [0, 0.05) is 17.0 Å². The fourth-order valence-corrected chi connectivity index (χ4v) is 2.28. The Morgan fingerprint density at radius 2 is 1.52 bits per heavy atom. The summed E-state index contributed by atoms with van der Waals surface area (Å²) in [4.78, 5) is 46.3. The Morgan fingerprint density at radius 3 is 1.90 bits per heavy atom. The first-order valence-corrected chi connectivity index (χ1v) is 6.64. The second-order valence-corrected chi connectivity index (χ2v) is 5.21. The molecule has 1 aromatic carbocycles. The average Bonchev–Trinajstić information content (AvgIpc) is 2.37. The topological polar surface area (TPSA) is 88.5 Å². The van der Waals surface area contributed by atoms with E-state index in [-0.39, 0.29) is 5.56 Å². The molecule has 0 radical (unpaired) electrons. The summed E-state index contributed by atoms with van der Waals surface area (Å²) in [5.41, 5.74) is 0.288. The smallest absolute Gasteiger partial charge is 0.308 e. The number of halogens is 1. The van der Waals surface area contributed by atoms with Crippen molar-refractivity contribution >= 4 is 34.9 Å². The Kier molecular flexibility index (Phi) is 5.79. The van der Waals surface area contributed by atoms with Gasteiger partial charge in [0.1, 0.15) is 11.6 Å². The number of benzene rings is 1. The molecule has 21 heavy (non-hydrogen) atoms. The quantitative estimate of drug-likeness (QED) is 0.617. The van der Waals surface area contributed by atoms with Gasteiger partial charge in [-0.25, -0.2) is 0 Å². The first-order valence-electron chi connectivity index (χ1n) is 6.26. The fraction of sp³-hybridized carbons (Fsp3) is 0.333. The van der Waals surface area contributed by atoms with Gasteiger partial charge in [0.15, 0.2) is 5.78 Å². The van der Waals surface area contributed by atoms with Crippen molar-refractivity contribution < 1.29 is 24.3 Å². The molecule has 112 valence electrons. The Balaban J connectivity index is 3.00. The van der Waals surface area contributed by atoms with Gasteiger partial charge in [-0.05, 0) is 38.1 Å². The fourth-order valence-electron chi connectivity index (χ4n) is 2.15. The Morgan fingerprint density at radius 1 is 1.05 bits per heavy atom. The molecule has 1 aromatic rings. The Labute approximate surface area is 126 Å². The lowest BCUT2D eigenvalue weighted by atomic mass is 9.82. The van der Waals surface area contributed by atoms with Crippen molar-refractivity contribution in [2.75, 3.05) is 0 Å². The summed E-state index contributed by atoms with van der Waals surface area (Å²) in [5, 5.41) is 9.65. The van der Waals surface area contributed by atoms with Crippen LogP contribution in [0.2, 0.25) is 5.02 Å². The maximum Gasteiger partial charge on any atom is 0.308 e. The van der Waals surface area contributed by atoms with E-state index in [0.717, 1.165) is 13.8 Å². The zero-order chi connectivity index (χ0) is 16.2. The molecule has 5 nitrogen and oxygen atoms in total. The van der Waals surface area contributed by atoms with E-state index in [0.29, 0.717) is 5.02 Å². The molecule has 0 aromatic heterocycles. The predicted octanol–water partition coefficient (Wildman–Crippen LogP) is 2.41. The van der Waals surface area contributed by atoms with Crippen molar-refractivity contribution in [3.8, 4) is 0 Å². The third kappa shape index (κ3) is 4.49. The summed E-state index contributed by atoms with van der Waals surface area (Å²) in [5.74, 6) is -5.57. The van der Waals surface area contributed by atoms with E-state index in [4.69, 9.17) is 11.6 Å². The molecule has 0 heterocycles. The molecule has 1 rings (SSSR count). The highest BCUT2D eigenvalue weighted by Gasteiger charge is 2.36.